The first kappa shape index (κ1) is 34.0. The molecule has 9 heteroatoms. The molecule has 0 aliphatic carbocycles. The van der Waals surface area contributed by atoms with Crippen LogP contribution in [0.1, 0.15) is 127 Å². The Morgan fingerprint density at radius 1 is 0.763 bits per heavy atom. The van der Waals surface area contributed by atoms with Crippen LogP contribution in [-0.2, 0) is 26.9 Å². The molecular formula is C29H50Cl2NO5P. The van der Waals surface area contributed by atoms with Crippen molar-refractivity contribution in [2.75, 3.05) is 13.2 Å². The summed E-state index contributed by atoms with van der Waals surface area (Å²) in [5.74, 6) is 0. The minimum absolute atomic E-state index is 0.374. The maximum absolute atomic E-state index is 11.5. The lowest BCUT2D eigenvalue weighted by Crippen LogP contribution is -2.33. The van der Waals surface area contributed by atoms with Gasteiger partial charge in [-0.15, -0.1) is 0 Å². The van der Waals surface area contributed by atoms with Gasteiger partial charge in [-0.3, -0.25) is 9.42 Å². The van der Waals surface area contributed by atoms with Crippen molar-refractivity contribution in [3.8, 4) is 0 Å². The number of rotatable bonds is 23. The molecule has 2 rings (SSSR count). The minimum atomic E-state index is -4.63. The quantitative estimate of drug-likeness (QED) is 0.0971. The Balaban J connectivity index is 1.47. The summed E-state index contributed by atoms with van der Waals surface area (Å²) in [5, 5.41) is 0.948. The van der Waals surface area contributed by atoms with Crippen LogP contribution in [-0.4, -0.2) is 34.1 Å². The summed E-state index contributed by atoms with van der Waals surface area (Å²) in [7, 11) is -4.63. The summed E-state index contributed by atoms with van der Waals surface area (Å²) in [6.45, 7) is 4.31. The predicted molar refractivity (Wildman–Crippen MR) is 158 cm³/mol. The van der Waals surface area contributed by atoms with Gasteiger partial charge in [0, 0.05) is 26.1 Å². The number of ether oxygens (including phenoxy) is 1. The molecule has 1 aromatic rings. The molecule has 1 atom stereocenters. The fraction of sp³-hybridized carbons (Fsp3) is 0.793. The molecule has 0 saturated heterocycles. The molecule has 0 fully saturated rings. The van der Waals surface area contributed by atoms with E-state index < -0.39 is 14.1 Å². The van der Waals surface area contributed by atoms with Crippen LogP contribution in [0, 0.1) is 0 Å². The maximum atomic E-state index is 11.5. The van der Waals surface area contributed by atoms with Gasteiger partial charge in [-0.1, -0.05) is 126 Å². The van der Waals surface area contributed by atoms with Crippen LogP contribution in [0.2, 0.25) is 10.0 Å². The highest BCUT2D eigenvalue weighted by molar-refractivity contribution is 7.46. The smallest absolute Gasteiger partial charge is 0.381 e. The van der Waals surface area contributed by atoms with Crippen molar-refractivity contribution in [3.05, 3.63) is 33.3 Å². The van der Waals surface area contributed by atoms with Crippen molar-refractivity contribution in [3.63, 3.8) is 0 Å². The van der Waals surface area contributed by atoms with Crippen molar-refractivity contribution in [1.82, 2.24) is 4.90 Å². The van der Waals surface area contributed by atoms with Crippen LogP contribution < -0.4 is 0 Å². The molecule has 1 heterocycles. The third-order valence-electron chi connectivity index (χ3n) is 7.31. The van der Waals surface area contributed by atoms with Gasteiger partial charge >= 0.3 is 7.82 Å². The van der Waals surface area contributed by atoms with E-state index in [4.69, 9.17) is 32.5 Å². The van der Waals surface area contributed by atoms with Crippen molar-refractivity contribution in [2.24, 2.45) is 0 Å². The number of halogens is 2. The average Bonchev–Trinajstić information content (AvgIpc) is 3.26. The van der Waals surface area contributed by atoms with Gasteiger partial charge in [-0.25, -0.2) is 4.57 Å². The topological polar surface area (TPSA) is 79.2 Å². The zero-order chi connectivity index (χ0) is 27.6. The molecule has 220 valence electrons. The molecule has 0 radical (unpaired) electrons. The zero-order valence-electron chi connectivity index (χ0n) is 23.4. The first-order chi connectivity index (χ1) is 18.3. The van der Waals surface area contributed by atoms with Gasteiger partial charge < -0.3 is 14.5 Å². The third kappa shape index (κ3) is 15.0. The lowest BCUT2D eigenvalue weighted by molar-refractivity contribution is -0.0242. The highest BCUT2D eigenvalue weighted by Gasteiger charge is 2.32. The molecular weight excluding hydrogens is 544 g/mol. The van der Waals surface area contributed by atoms with Crippen molar-refractivity contribution < 1.29 is 23.6 Å². The first-order valence-corrected chi connectivity index (χ1v) is 17.1. The van der Waals surface area contributed by atoms with Gasteiger partial charge in [-0.05, 0) is 29.7 Å². The summed E-state index contributed by atoms with van der Waals surface area (Å²) in [6, 6.07) is 3.61. The molecule has 1 aromatic carbocycles. The van der Waals surface area contributed by atoms with E-state index in [2.05, 4.69) is 6.92 Å². The van der Waals surface area contributed by atoms with Crippen molar-refractivity contribution >= 4 is 31.0 Å². The second kappa shape index (κ2) is 19.8. The van der Waals surface area contributed by atoms with Gasteiger partial charge in [-0.2, -0.15) is 0 Å². The molecule has 1 aliphatic heterocycles. The zero-order valence-corrected chi connectivity index (χ0v) is 25.8. The lowest BCUT2D eigenvalue weighted by Gasteiger charge is -2.27. The molecule has 1 unspecified atom stereocenters. The highest BCUT2D eigenvalue weighted by Crippen LogP contribution is 2.41. The Morgan fingerprint density at radius 2 is 1.18 bits per heavy atom. The Morgan fingerprint density at radius 3 is 1.61 bits per heavy atom. The van der Waals surface area contributed by atoms with E-state index in [0.717, 1.165) is 24.0 Å². The van der Waals surface area contributed by atoms with Gasteiger partial charge in [0.25, 0.3) is 0 Å². The standard InChI is InChI=1S/C29H50Cl2NO5P/c1-2-3-4-5-6-7-8-9-10-11-12-13-14-15-16-17-19-36-20-18-29(37-38(33,34)35)32-23-25-21-27(30)28(31)22-26(25)24-32/h21-22,29H,2-20,23-24H2,1H3,(H2,33,34,35). The summed E-state index contributed by atoms with van der Waals surface area (Å²) >= 11 is 12.2. The molecule has 0 saturated carbocycles. The highest BCUT2D eigenvalue weighted by atomic mass is 35.5. The molecule has 0 aromatic heterocycles. The lowest BCUT2D eigenvalue weighted by atomic mass is 10.0. The summed E-state index contributed by atoms with van der Waals surface area (Å²) in [4.78, 5) is 20.7. The van der Waals surface area contributed by atoms with Gasteiger partial charge in [0.15, 0.2) is 0 Å². The van der Waals surface area contributed by atoms with Crippen LogP contribution in [0.5, 0.6) is 0 Å². The van der Waals surface area contributed by atoms with Crippen LogP contribution in [0.15, 0.2) is 12.1 Å². The van der Waals surface area contributed by atoms with Crippen LogP contribution in [0.25, 0.3) is 0 Å². The van der Waals surface area contributed by atoms with Crippen LogP contribution in [0.3, 0.4) is 0 Å². The Hall–Kier alpha value is -0.170. The molecule has 6 nitrogen and oxygen atoms in total. The van der Waals surface area contributed by atoms with Gasteiger partial charge in [0.1, 0.15) is 6.23 Å². The largest absolute Gasteiger partial charge is 0.471 e. The first-order valence-electron chi connectivity index (χ1n) is 14.8. The Bertz CT molecular complexity index is 791. The second-order valence-electron chi connectivity index (χ2n) is 10.7. The minimum Gasteiger partial charge on any atom is -0.381 e. The number of phosphoric ester groups is 1. The summed E-state index contributed by atoms with van der Waals surface area (Å²) in [5.41, 5.74) is 1.99. The molecule has 1 aliphatic rings. The van der Waals surface area contributed by atoms with E-state index in [9.17, 15) is 14.4 Å². The molecule has 0 spiro atoms. The van der Waals surface area contributed by atoms with E-state index in [1.54, 1.807) is 0 Å². The van der Waals surface area contributed by atoms with Crippen molar-refractivity contribution in [2.45, 2.75) is 135 Å². The number of phosphoric acid groups is 1. The average molecular weight is 595 g/mol. The number of hydrogen-bond acceptors (Lipinski definition) is 4. The number of nitrogens with zero attached hydrogens (tertiary/aromatic N) is 1. The SMILES string of the molecule is CCCCCCCCCCCCCCCCCCOCCC(OP(=O)(O)O)N1Cc2cc(Cl)c(Cl)cc2C1. The number of unbranched alkanes of at least 4 members (excludes halogenated alkanes) is 15. The van der Waals surface area contributed by atoms with Crippen LogP contribution >= 0.6 is 31.0 Å². The molecule has 0 amide bonds. The maximum Gasteiger partial charge on any atom is 0.471 e. The number of hydrogen-bond donors (Lipinski definition) is 2. The summed E-state index contributed by atoms with van der Waals surface area (Å²) < 4.78 is 22.4. The van der Waals surface area contributed by atoms with Crippen molar-refractivity contribution in [1.29, 1.82) is 0 Å². The van der Waals surface area contributed by atoms with Gasteiger partial charge in [0.2, 0.25) is 0 Å². The molecule has 2 N–H and O–H groups in total. The summed E-state index contributed by atoms with van der Waals surface area (Å²) in [6.07, 6.45) is 21.0. The van der Waals surface area contributed by atoms with E-state index >= 15 is 0 Å². The second-order valence-corrected chi connectivity index (χ2v) is 12.7. The number of fused-ring (bicyclic) bond motifs is 1. The third-order valence-corrected chi connectivity index (χ3v) is 8.55. The van der Waals surface area contributed by atoms with Gasteiger partial charge in [0.05, 0.1) is 16.7 Å². The Labute approximate surface area is 241 Å². The van der Waals surface area contributed by atoms with E-state index in [0.29, 0.717) is 42.8 Å². The molecule has 38 heavy (non-hydrogen) atoms. The van der Waals surface area contributed by atoms with E-state index in [1.807, 2.05) is 17.0 Å². The Kier molecular flexibility index (Phi) is 17.8. The van der Waals surface area contributed by atoms with E-state index in [1.165, 1.54) is 89.9 Å². The van der Waals surface area contributed by atoms with Crippen LogP contribution in [0.4, 0.5) is 0 Å². The predicted octanol–water partition coefficient (Wildman–Crippen LogP) is 9.41. The fourth-order valence-electron chi connectivity index (χ4n) is 5.12. The van der Waals surface area contributed by atoms with E-state index in [-0.39, 0.29) is 0 Å². The fourth-order valence-corrected chi connectivity index (χ4v) is 6.05. The normalized spacial score (nSPS) is 14.8. The monoisotopic (exact) mass is 593 g/mol. The number of benzene rings is 1. The molecule has 0 bridgehead atoms.